The average Bonchev–Trinajstić information content (AvgIpc) is 3.14. The Morgan fingerprint density at radius 1 is 1.12 bits per heavy atom. The normalized spacial score (nSPS) is 11.1. The van der Waals surface area contributed by atoms with Crippen molar-refractivity contribution in [3.05, 3.63) is 72.1 Å². The molecular formula is C20H22N4OS. The van der Waals surface area contributed by atoms with Gasteiger partial charge in [-0.25, -0.2) is 0 Å². The predicted octanol–water partition coefficient (Wildman–Crippen LogP) is 4.63. The molecule has 0 aliphatic rings. The van der Waals surface area contributed by atoms with Crippen LogP contribution in [0.3, 0.4) is 0 Å². The van der Waals surface area contributed by atoms with Gasteiger partial charge in [0.2, 0.25) is 5.16 Å². The Morgan fingerprint density at radius 2 is 1.92 bits per heavy atom. The Kier molecular flexibility index (Phi) is 6.84. The molecule has 0 amide bonds. The highest BCUT2D eigenvalue weighted by atomic mass is 32.2. The summed E-state index contributed by atoms with van der Waals surface area (Å²) in [4.78, 5) is 0. The molecule has 3 aromatic rings. The van der Waals surface area contributed by atoms with Gasteiger partial charge in [-0.1, -0.05) is 67.6 Å². The van der Waals surface area contributed by atoms with E-state index in [9.17, 15) is 0 Å². The zero-order valence-corrected chi connectivity index (χ0v) is 15.6. The highest BCUT2D eigenvalue weighted by molar-refractivity contribution is 7.98. The minimum absolute atomic E-state index is 0.714. The van der Waals surface area contributed by atoms with Crippen molar-refractivity contribution in [1.29, 1.82) is 0 Å². The van der Waals surface area contributed by atoms with Gasteiger partial charge < -0.3 is 4.74 Å². The highest BCUT2D eigenvalue weighted by Crippen LogP contribution is 2.21. The Hall–Kier alpha value is -2.60. The van der Waals surface area contributed by atoms with Crippen molar-refractivity contribution < 1.29 is 4.74 Å². The number of rotatable bonds is 9. The number of para-hydroxylation sites is 1. The molecule has 0 bridgehead atoms. The molecule has 0 N–H and O–H groups in total. The zero-order chi connectivity index (χ0) is 18.0. The van der Waals surface area contributed by atoms with Gasteiger partial charge in [0.25, 0.3) is 0 Å². The Morgan fingerprint density at radius 3 is 2.77 bits per heavy atom. The van der Waals surface area contributed by atoms with Gasteiger partial charge in [-0.15, -0.1) is 10.2 Å². The number of hydrogen-bond donors (Lipinski definition) is 0. The van der Waals surface area contributed by atoms with Gasteiger partial charge in [-0.05, 0) is 24.1 Å². The number of aromatic nitrogens is 3. The van der Waals surface area contributed by atoms with Crippen LogP contribution in [0.1, 0.15) is 30.9 Å². The molecule has 5 nitrogen and oxygen atoms in total. The van der Waals surface area contributed by atoms with Crippen molar-refractivity contribution in [3.63, 3.8) is 0 Å². The zero-order valence-electron chi connectivity index (χ0n) is 14.8. The lowest BCUT2D eigenvalue weighted by Crippen LogP contribution is -2.00. The Labute approximate surface area is 158 Å². The standard InChI is InChI=1S/C20H22N4OS/c1-2-3-13-25-19-12-8-7-11-18(19)14-22-24-16-21-23-20(24)26-15-17-9-5-4-6-10-17/h4-12,14,16H,2-3,13,15H2,1H3/b22-14-. The van der Waals surface area contributed by atoms with Gasteiger partial charge in [0, 0.05) is 11.3 Å². The van der Waals surface area contributed by atoms with Gasteiger partial charge in [0.05, 0.1) is 12.8 Å². The van der Waals surface area contributed by atoms with E-state index in [0.29, 0.717) is 6.61 Å². The fourth-order valence-electron chi connectivity index (χ4n) is 2.29. The summed E-state index contributed by atoms with van der Waals surface area (Å²) in [6.07, 6.45) is 5.55. The molecule has 0 spiro atoms. The van der Waals surface area contributed by atoms with Crippen molar-refractivity contribution in [2.24, 2.45) is 5.10 Å². The lowest BCUT2D eigenvalue weighted by atomic mass is 10.2. The number of nitrogens with zero attached hydrogens (tertiary/aromatic N) is 4. The summed E-state index contributed by atoms with van der Waals surface area (Å²) in [5.41, 5.74) is 2.18. The first-order chi connectivity index (χ1) is 12.9. The van der Waals surface area contributed by atoms with E-state index in [4.69, 9.17) is 4.74 Å². The Bertz CT molecular complexity index is 833. The third-order valence-corrected chi connectivity index (χ3v) is 4.71. The van der Waals surface area contributed by atoms with Gasteiger partial charge in [-0.3, -0.25) is 0 Å². The van der Waals surface area contributed by atoms with Crippen molar-refractivity contribution in [1.82, 2.24) is 14.9 Å². The molecule has 134 valence electrons. The van der Waals surface area contributed by atoms with E-state index in [-0.39, 0.29) is 0 Å². The molecule has 1 aromatic heterocycles. The smallest absolute Gasteiger partial charge is 0.212 e. The van der Waals surface area contributed by atoms with Crippen molar-refractivity contribution in [3.8, 4) is 5.75 Å². The second-order valence-electron chi connectivity index (χ2n) is 5.72. The number of benzene rings is 2. The van der Waals surface area contributed by atoms with E-state index in [1.807, 2.05) is 42.5 Å². The van der Waals surface area contributed by atoms with Crippen LogP contribution >= 0.6 is 11.8 Å². The maximum absolute atomic E-state index is 5.85. The molecule has 0 saturated carbocycles. The SMILES string of the molecule is CCCCOc1ccccc1/C=N\n1cnnc1SCc1ccccc1. The predicted molar refractivity (Wildman–Crippen MR) is 106 cm³/mol. The minimum Gasteiger partial charge on any atom is -0.493 e. The molecular weight excluding hydrogens is 344 g/mol. The number of hydrogen-bond acceptors (Lipinski definition) is 5. The number of unbranched alkanes of at least 4 members (excludes halogenated alkanes) is 1. The molecule has 0 fully saturated rings. The van der Waals surface area contributed by atoms with Gasteiger partial charge >= 0.3 is 0 Å². The second-order valence-corrected chi connectivity index (χ2v) is 6.66. The van der Waals surface area contributed by atoms with E-state index < -0.39 is 0 Å². The van der Waals surface area contributed by atoms with Crippen LogP contribution in [0.15, 0.2) is 71.2 Å². The highest BCUT2D eigenvalue weighted by Gasteiger charge is 2.05. The van der Waals surface area contributed by atoms with Crippen LogP contribution in [0.5, 0.6) is 5.75 Å². The Balaban J connectivity index is 1.67. The average molecular weight is 366 g/mol. The van der Waals surface area contributed by atoms with Gasteiger partial charge in [0.1, 0.15) is 12.1 Å². The van der Waals surface area contributed by atoms with Crippen molar-refractivity contribution in [2.45, 2.75) is 30.7 Å². The molecule has 1 heterocycles. The van der Waals surface area contributed by atoms with Gasteiger partial charge in [0.15, 0.2) is 0 Å². The summed E-state index contributed by atoms with van der Waals surface area (Å²) in [6.45, 7) is 2.86. The molecule has 0 aliphatic carbocycles. The lowest BCUT2D eigenvalue weighted by Gasteiger charge is -2.08. The first-order valence-electron chi connectivity index (χ1n) is 8.69. The molecule has 6 heteroatoms. The monoisotopic (exact) mass is 366 g/mol. The van der Waals surface area contributed by atoms with Crippen LogP contribution in [-0.4, -0.2) is 27.7 Å². The lowest BCUT2D eigenvalue weighted by molar-refractivity contribution is 0.309. The molecule has 3 rings (SSSR count). The summed E-state index contributed by atoms with van der Waals surface area (Å²) < 4.78 is 7.54. The van der Waals surface area contributed by atoms with Gasteiger partial charge in [-0.2, -0.15) is 9.78 Å². The summed E-state index contributed by atoms with van der Waals surface area (Å²) >= 11 is 1.61. The van der Waals surface area contributed by atoms with Crippen LogP contribution < -0.4 is 4.74 Å². The summed E-state index contributed by atoms with van der Waals surface area (Å²) in [7, 11) is 0. The van der Waals surface area contributed by atoms with Crippen LogP contribution in [0.4, 0.5) is 0 Å². The summed E-state index contributed by atoms with van der Waals surface area (Å²) in [6, 6.07) is 18.2. The summed E-state index contributed by atoms with van der Waals surface area (Å²) in [5.74, 6) is 1.67. The fraction of sp³-hybridized carbons (Fsp3) is 0.250. The van der Waals surface area contributed by atoms with Crippen LogP contribution in [0.25, 0.3) is 0 Å². The molecule has 2 aromatic carbocycles. The fourth-order valence-corrected chi connectivity index (χ4v) is 3.10. The van der Waals surface area contributed by atoms with E-state index in [2.05, 4.69) is 34.4 Å². The van der Waals surface area contributed by atoms with Crippen LogP contribution in [0.2, 0.25) is 0 Å². The maximum Gasteiger partial charge on any atom is 0.212 e. The number of ether oxygens (including phenoxy) is 1. The third kappa shape index (κ3) is 5.20. The molecule has 0 radical (unpaired) electrons. The van der Waals surface area contributed by atoms with Crippen molar-refractivity contribution >= 4 is 18.0 Å². The number of thioether (sulfide) groups is 1. The van der Waals surface area contributed by atoms with E-state index in [1.165, 1.54) is 5.56 Å². The minimum atomic E-state index is 0.714. The third-order valence-electron chi connectivity index (χ3n) is 3.71. The largest absolute Gasteiger partial charge is 0.493 e. The molecule has 0 aliphatic heterocycles. The first kappa shape index (κ1) is 18.2. The van der Waals surface area contributed by atoms with E-state index in [0.717, 1.165) is 35.1 Å². The van der Waals surface area contributed by atoms with E-state index in [1.54, 1.807) is 29.0 Å². The van der Waals surface area contributed by atoms with Crippen molar-refractivity contribution in [2.75, 3.05) is 6.61 Å². The van der Waals surface area contributed by atoms with Crippen LogP contribution in [-0.2, 0) is 5.75 Å². The topological polar surface area (TPSA) is 52.3 Å². The summed E-state index contributed by atoms with van der Waals surface area (Å²) in [5, 5.41) is 13.4. The van der Waals surface area contributed by atoms with Crippen LogP contribution in [0, 0.1) is 0 Å². The van der Waals surface area contributed by atoms with E-state index >= 15 is 0 Å². The quantitative estimate of drug-likeness (QED) is 0.315. The molecule has 0 unspecified atom stereocenters. The maximum atomic E-state index is 5.85. The first-order valence-corrected chi connectivity index (χ1v) is 9.68. The second kappa shape index (κ2) is 9.77. The molecule has 0 atom stereocenters. The molecule has 26 heavy (non-hydrogen) atoms. The molecule has 0 saturated heterocycles.